The molecule has 2 N–H and O–H groups in total. The molecule has 2 aromatic rings. The molecule has 148 valence electrons. The molecule has 0 saturated carbocycles. The van der Waals surface area contributed by atoms with Gasteiger partial charge in [-0.15, -0.1) is 0 Å². The number of rotatable bonds is 5. The molecule has 6 heteroatoms. The van der Waals surface area contributed by atoms with Crippen LogP contribution in [0.2, 0.25) is 0 Å². The summed E-state index contributed by atoms with van der Waals surface area (Å²) < 4.78 is 16.2. The zero-order valence-electron chi connectivity index (χ0n) is 16.6. The molecule has 0 aliphatic carbocycles. The van der Waals surface area contributed by atoms with E-state index in [1.807, 2.05) is 31.2 Å². The summed E-state index contributed by atoms with van der Waals surface area (Å²) >= 11 is 0. The second-order valence-electron chi connectivity index (χ2n) is 6.53. The van der Waals surface area contributed by atoms with Gasteiger partial charge in [0.15, 0.2) is 5.76 Å². The Morgan fingerprint density at radius 2 is 1.83 bits per heavy atom. The van der Waals surface area contributed by atoms with Crippen molar-refractivity contribution in [2.45, 2.75) is 19.8 Å². The van der Waals surface area contributed by atoms with Gasteiger partial charge in [0.25, 0.3) is 0 Å². The number of nitrogens with zero attached hydrogens (tertiary/aromatic N) is 1. The second-order valence-corrected chi connectivity index (χ2v) is 6.53. The zero-order chi connectivity index (χ0) is 21.0. The van der Waals surface area contributed by atoms with Gasteiger partial charge in [0, 0.05) is 5.56 Å². The number of esters is 1. The van der Waals surface area contributed by atoms with Gasteiger partial charge in [0.2, 0.25) is 5.88 Å². The molecule has 29 heavy (non-hydrogen) atoms. The molecule has 1 atom stereocenters. The minimum absolute atomic E-state index is 0.0705. The molecule has 3 rings (SSSR count). The van der Waals surface area contributed by atoms with Gasteiger partial charge in [0.1, 0.15) is 11.3 Å². The van der Waals surface area contributed by atoms with Crippen LogP contribution in [0.1, 0.15) is 29.5 Å². The topological polar surface area (TPSA) is 94.6 Å². The van der Waals surface area contributed by atoms with Crippen LogP contribution in [0.25, 0.3) is 5.76 Å². The van der Waals surface area contributed by atoms with E-state index in [1.54, 1.807) is 38.3 Å². The molecule has 1 aliphatic heterocycles. The Morgan fingerprint density at radius 1 is 1.17 bits per heavy atom. The third kappa shape index (κ3) is 3.94. The monoisotopic (exact) mass is 390 g/mol. The van der Waals surface area contributed by atoms with Gasteiger partial charge in [-0.1, -0.05) is 42.0 Å². The summed E-state index contributed by atoms with van der Waals surface area (Å²) in [6, 6.07) is 16.9. The molecule has 0 fully saturated rings. The van der Waals surface area contributed by atoms with Crippen molar-refractivity contribution < 1.29 is 19.0 Å². The summed E-state index contributed by atoms with van der Waals surface area (Å²) in [5.41, 5.74) is 9.05. The number of carbonyl (C=O) groups is 1. The molecule has 0 spiro atoms. The highest BCUT2D eigenvalue weighted by atomic mass is 16.5. The number of methoxy groups -OCH3 is 1. The summed E-state index contributed by atoms with van der Waals surface area (Å²) in [5.74, 6) is -0.397. The molecule has 0 amide bonds. The van der Waals surface area contributed by atoms with Crippen molar-refractivity contribution in [1.82, 2.24) is 0 Å². The molecule has 0 radical (unpaired) electrons. The fourth-order valence-electron chi connectivity index (χ4n) is 3.23. The fourth-order valence-corrected chi connectivity index (χ4v) is 3.23. The highest BCUT2D eigenvalue weighted by Gasteiger charge is 2.38. The molecule has 0 aromatic heterocycles. The van der Waals surface area contributed by atoms with Crippen molar-refractivity contribution in [1.29, 1.82) is 5.26 Å². The maximum atomic E-state index is 12.7. The zero-order valence-corrected chi connectivity index (χ0v) is 16.6. The molecule has 1 aliphatic rings. The number of hydrogen-bond acceptors (Lipinski definition) is 6. The number of nitriles is 1. The Kier molecular flexibility index (Phi) is 5.89. The van der Waals surface area contributed by atoms with Gasteiger partial charge in [-0.05, 0) is 31.5 Å². The van der Waals surface area contributed by atoms with E-state index in [1.165, 1.54) is 0 Å². The van der Waals surface area contributed by atoms with Gasteiger partial charge in [-0.25, -0.2) is 4.79 Å². The van der Waals surface area contributed by atoms with E-state index >= 15 is 0 Å². The molecule has 0 bridgehead atoms. The highest BCUT2D eigenvalue weighted by Crippen LogP contribution is 2.43. The third-order valence-electron chi connectivity index (χ3n) is 4.68. The van der Waals surface area contributed by atoms with Gasteiger partial charge >= 0.3 is 5.97 Å². The quantitative estimate of drug-likeness (QED) is 0.781. The lowest BCUT2D eigenvalue weighted by Crippen LogP contribution is -2.26. The van der Waals surface area contributed by atoms with Crippen molar-refractivity contribution in [2.75, 3.05) is 13.7 Å². The Bertz CT molecular complexity index is 1010. The number of benzene rings is 2. The lowest BCUT2D eigenvalue weighted by atomic mass is 9.82. The SMILES string of the molecule is CCOC(=O)C1=C(N)OC(c2ccc(C)cc2)=C(C#N)C1c1ccc(OC)cc1. The Morgan fingerprint density at radius 3 is 2.38 bits per heavy atom. The summed E-state index contributed by atoms with van der Waals surface area (Å²) in [6.07, 6.45) is 0. The van der Waals surface area contributed by atoms with Gasteiger partial charge in [0.05, 0.1) is 31.3 Å². The van der Waals surface area contributed by atoms with Crippen molar-refractivity contribution in [3.63, 3.8) is 0 Å². The van der Waals surface area contributed by atoms with Crippen LogP contribution >= 0.6 is 0 Å². The van der Waals surface area contributed by atoms with E-state index in [0.717, 1.165) is 5.56 Å². The van der Waals surface area contributed by atoms with Gasteiger partial charge in [-0.2, -0.15) is 5.26 Å². The first kappa shape index (κ1) is 20.0. The predicted molar refractivity (Wildman–Crippen MR) is 108 cm³/mol. The Labute approximate surface area is 169 Å². The minimum atomic E-state index is -0.713. The highest BCUT2D eigenvalue weighted by molar-refractivity contribution is 5.94. The number of nitrogens with two attached hydrogens (primary N) is 1. The number of hydrogen-bond donors (Lipinski definition) is 1. The van der Waals surface area contributed by atoms with E-state index in [0.29, 0.717) is 22.6 Å². The van der Waals surface area contributed by atoms with Gasteiger partial charge < -0.3 is 19.9 Å². The maximum absolute atomic E-state index is 12.7. The molecule has 1 unspecified atom stereocenters. The van der Waals surface area contributed by atoms with E-state index in [4.69, 9.17) is 19.9 Å². The summed E-state index contributed by atoms with van der Waals surface area (Å²) in [6.45, 7) is 3.86. The standard InChI is InChI=1S/C23H22N2O4/c1-4-28-23(26)20-19(15-9-11-17(27-3)12-10-15)18(13-24)21(29-22(20)25)16-7-5-14(2)6-8-16/h5-12,19H,4,25H2,1-3H3. The van der Waals surface area contributed by atoms with Crippen LogP contribution in [-0.4, -0.2) is 19.7 Å². The molecule has 6 nitrogen and oxygen atoms in total. The number of allylic oxidation sites excluding steroid dienone is 1. The number of carbonyl (C=O) groups excluding carboxylic acids is 1. The molecule has 2 aromatic carbocycles. The first-order valence-electron chi connectivity index (χ1n) is 9.20. The van der Waals surface area contributed by atoms with Crippen LogP contribution in [-0.2, 0) is 14.3 Å². The Balaban J connectivity index is 2.20. The average molecular weight is 390 g/mol. The van der Waals surface area contributed by atoms with E-state index in [9.17, 15) is 10.1 Å². The number of aryl methyl sites for hydroxylation is 1. The van der Waals surface area contributed by atoms with Crippen molar-refractivity contribution in [3.8, 4) is 11.8 Å². The van der Waals surface area contributed by atoms with E-state index in [-0.39, 0.29) is 23.6 Å². The average Bonchev–Trinajstić information content (AvgIpc) is 2.73. The first-order valence-corrected chi connectivity index (χ1v) is 9.20. The minimum Gasteiger partial charge on any atom is -0.497 e. The molecule has 1 heterocycles. The smallest absolute Gasteiger partial charge is 0.340 e. The van der Waals surface area contributed by atoms with Crippen molar-refractivity contribution in [2.24, 2.45) is 5.73 Å². The summed E-state index contributed by atoms with van der Waals surface area (Å²) in [5, 5.41) is 10.00. The lowest BCUT2D eigenvalue weighted by Gasteiger charge is -2.28. The van der Waals surface area contributed by atoms with E-state index in [2.05, 4.69) is 6.07 Å². The second kappa shape index (κ2) is 8.53. The maximum Gasteiger partial charge on any atom is 0.340 e. The predicted octanol–water partition coefficient (Wildman–Crippen LogP) is 3.79. The third-order valence-corrected chi connectivity index (χ3v) is 4.68. The van der Waals surface area contributed by atoms with Crippen LogP contribution < -0.4 is 10.5 Å². The van der Waals surface area contributed by atoms with Crippen LogP contribution in [0.15, 0.2) is 65.6 Å². The van der Waals surface area contributed by atoms with E-state index < -0.39 is 11.9 Å². The van der Waals surface area contributed by atoms with Crippen molar-refractivity contribution >= 4 is 11.7 Å². The lowest BCUT2D eigenvalue weighted by molar-refractivity contribution is -0.139. The molecular formula is C23H22N2O4. The van der Waals surface area contributed by atoms with Crippen molar-refractivity contribution in [3.05, 3.63) is 82.3 Å². The van der Waals surface area contributed by atoms with Crippen LogP contribution in [0.5, 0.6) is 5.75 Å². The van der Waals surface area contributed by atoms with Crippen LogP contribution in [0, 0.1) is 18.3 Å². The van der Waals surface area contributed by atoms with Crippen LogP contribution in [0.3, 0.4) is 0 Å². The Hall–Kier alpha value is -3.72. The van der Waals surface area contributed by atoms with Crippen LogP contribution in [0.4, 0.5) is 0 Å². The molecular weight excluding hydrogens is 368 g/mol. The summed E-state index contributed by atoms with van der Waals surface area (Å²) in [4.78, 5) is 12.7. The fraction of sp³-hybridized carbons (Fsp3) is 0.217. The largest absolute Gasteiger partial charge is 0.497 e. The normalized spacial score (nSPS) is 16.1. The van der Waals surface area contributed by atoms with Gasteiger partial charge in [-0.3, -0.25) is 0 Å². The summed E-state index contributed by atoms with van der Waals surface area (Å²) in [7, 11) is 1.57. The number of ether oxygens (including phenoxy) is 3. The first-order chi connectivity index (χ1) is 14.0. The molecule has 0 saturated heterocycles.